The first-order valence-corrected chi connectivity index (χ1v) is 9.22. The molecule has 1 saturated carbocycles. The van der Waals surface area contributed by atoms with Crippen LogP contribution in [0.3, 0.4) is 0 Å². The fraction of sp³-hybridized carbons (Fsp3) is 0.412. The van der Waals surface area contributed by atoms with Crippen molar-refractivity contribution in [2.24, 2.45) is 0 Å². The van der Waals surface area contributed by atoms with Crippen LogP contribution in [0.15, 0.2) is 18.3 Å². The van der Waals surface area contributed by atoms with Crippen molar-refractivity contribution in [2.45, 2.75) is 44.9 Å². The predicted octanol–water partition coefficient (Wildman–Crippen LogP) is 3.93. The van der Waals surface area contributed by atoms with Gasteiger partial charge >= 0.3 is 0 Å². The fourth-order valence-electron chi connectivity index (χ4n) is 3.37. The van der Waals surface area contributed by atoms with Gasteiger partial charge in [-0.15, -0.1) is 10.2 Å². The Balaban J connectivity index is 1.57. The van der Waals surface area contributed by atoms with Gasteiger partial charge in [0.1, 0.15) is 22.2 Å². The summed E-state index contributed by atoms with van der Waals surface area (Å²) in [5.74, 6) is -0.333. The van der Waals surface area contributed by atoms with Gasteiger partial charge in [0.05, 0.1) is 5.69 Å². The van der Waals surface area contributed by atoms with Crippen molar-refractivity contribution in [3.05, 3.63) is 40.5 Å². The molecular weight excluding hydrogens is 341 g/mol. The number of imidazole rings is 1. The first-order chi connectivity index (χ1) is 12.1. The summed E-state index contributed by atoms with van der Waals surface area (Å²) in [5.41, 5.74) is 1.38. The van der Waals surface area contributed by atoms with Crippen LogP contribution < -0.4 is 5.32 Å². The number of carbonyl (C=O) groups is 1. The van der Waals surface area contributed by atoms with E-state index >= 15 is 0 Å². The van der Waals surface area contributed by atoms with E-state index in [1.807, 2.05) is 0 Å². The molecule has 8 heteroatoms. The van der Waals surface area contributed by atoms with Gasteiger partial charge in [-0.25, -0.2) is 9.37 Å². The van der Waals surface area contributed by atoms with E-state index in [2.05, 4.69) is 20.5 Å². The number of halogens is 1. The van der Waals surface area contributed by atoms with E-state index < -0.39 is 5.82 Å². The molecular formula is C17H18FN5OS. The first kappa shape index (κ1) is 16.1. The normalized spacial score (nSPS) is 15.6. The Morgan fingerprint density at radius 3 is 2.88 bits per heavy atom. The summed E-state index contributed by atoms with van der Waals surface area (Å²) in [7, 11) is 0. The van der Waals surface area contributed by atoms with Gasteiger partial charge in [0.2, 0.25) is 5.13 Å². The maximum absolute atomic E-state index is 13.5. The number of nitrogens with one attached hydrogen (secondary N) is 1. The van der Waals surface area contributed by atoms with Crippen molar-refractivity contribution in [3.8, 4) is 0 Å². The van der Waals surface area contributed by atoms with Gasteiger partial charge in [0, 0.05) is 12.1 Å². The Kier molecular flexibility index (Phi) is 4.20. The standard InChI is InChI=1S/C17H18FN5OS/c1-10-14(23-9-12(18)7-8-13(23)19-10)15(24)20-17-22-21-16(25-17)11-5-3-2-4-6-11/h7-9,11H,2-6H2,1H3,(H,20,22,24). The average Bonchev–Trinajstić information content (AvgIpc) is 3.19. The second-order valence-corrected chi connectivity index (χ2v) is 7.36. The summed E-state index contributed by atoms with van der Waals surface area (Å²) in [4.78, 5) is 16.9. The zero-order chi connectivity index (χ0) is 17.4. The molecule has 1 fully saturated rings. The molecule has 3 heterocycles. The summed E-state index contributed by atoms with van der Waals surface area (Å²) in [6.07, 6.45) is 7.25. The van der Waals surface area contributed by atoms with Gasteiger partial charge in [-0.2, -0.15) is 0 Å². The molecule has 0 radical (unpaired) electrons. The van der Waals surface area contributed by atoms with Crippen molar-refractivity contribution in [2.75, 3.05) is 5.32 Å². The summed E-state index contributed by atoms with van der Waals surface area (Å²) < 4.78 is 15.0. The lowest BCUT2D eigenvalue weighted by Gasteiger charge is -2.18. The quantitative estimate of drug-likeness (QED) is 0.769. The molecule has 0 unspecified atom stereocenters. The number of pyridine rings is 1. The van der Waals surface area contributed by atoms with E-state index in [0.717, 1.165) is 17.8 Å². The van der Waals surface area contributed by atoms with Crippen molar-refractivity contribution >= 4 is 28.0 Å². The molecule has 3 aromatic heterocycles. The lowest BCUT2D eigenvalue weighted by Crippen LogP contribution is -2.15. The number of hydrogen-bond donors (Lipinski definition) is 1. The third kappa shape index (κ3) is 3.13. The van der Waals surface area contributed by atoms with Crippen LogP contribution in [0.25, 0.3) is 5.65 Å². The Morgan fingerprint density at radius 1 is 1.28 bits per heavy atom. The van der Waals surface area contributed by atoms with Gasteiger partial charge in [0.25, 0.3) is 5.91 Å². The molecule has 1 aliphatic rings. The zero-order valence-electron chi connectivity index (χ0n) is 13.8. The highest BCUT2D eigenvalue weighted by Gasteiger charge is 2.22. The van der Waals surface area contributed by atoms with Crippen LogP contribution in [0.1, 0.15) is 59.2 Å². The van der Waals surface area contributed by atoms with E-state index in [1.54, 1.807) is 13.0 Å². The van der Waals surface area contributed by atoms with Gasteiger partial charge in [-0.05, 0) is 31.9 Å². The van der Waals surface area contributed by atoms with E-state index in [1.165, 1.54) is 47.3 Å². The van der Waals surface area contributed by atoms with E-state index in [-0.39, 0.29) is 5.91 Å². The van der Waals surface area contributed by atoms with Gasteiger partial charge in [-0.3, -0.25) is 14.5 Å². The molecule has 0 bridgehead atoms. The predicted molar refractivity (Wildman–Crippen MR) is 93.6 cm³/mol. The summed E-state index contributed by atoms with van der Waals surface area (Å²) in [6, 6.07) is 2.87. The van der Waals surface area contributed by atoms with Crippen LogP contribution in [-0.2, 0) is 0 Å². The smallest absolute Gasteiger partial charge is 0.276 e. The number of fused-ring (bicyclic) bond motifs is 1. The topological polar surface area (TPSA) is 72.2 Å². The molecule has 25 heavy (non-hydrogen) atoms. The van der Waals surface area contributed by atoms with E-state index in [4.69, 9.17) is 0 Å². The Labute approximate surface area is 148 Å². The van der Waals surface area contributed by atoms with Crippen LogP contribution >= 0.6 is 11.3 Å². The molecule has 6 nitrogen and oxygen atoms in total. The second-order valence-electron chi connectivity index (χ2n) is 6.36. The number of rotatable bonds is 3. The number of hydrogen-bond acceptors (Lipinski definition) is 5. The highest BCUT2D eigenvalue weighted by atomic mass is 32.1. The SMILES string of the molecule is Cc1nc2ccc(F)cn2c1C(=O)Nc1nnc(C2CCCCC2)s1. The lowest BCUT2D eigenvalue weighted by atomic mass is 9.90. The third-order valence-electron chi connectivity index (χ3n) is 4.59. The molecule has 1 amide bonds. The minimum Gasteiger partial charge on any atom is -0.295 e. The van der Waals surface area contributed by atoms with Crippen molar-refractivity contribution in [3.63, 3.8) is 0 Å². The molecule has 3 aromatic rings. The second kappa shape index (κ2) is 6.51. The first-order valence-electron chi connectivity index (χ1n) is 8.41. The molecule has 1 aliphatic carbocycles. The van der Waals surface area contributed by atoms with Gasteiger partial charge in [0.15, 0.2) is 0 Å². The van der Waals surface area contributed by atoms with E-state index in [0.29, 0.717) is 28.1 Å². The molecule has 0 aromatic carbocycles. The van der Waals surface area contributed by atoms with E-state index in [9.17, 15) is 9.18 Å². The highest BCUT2D eigenvalue weighted by molar-refractivity contribution is 7.15. The molecule has 4 rings (SSSR count). The van der Waals surface area contributed by atoms with Crippen molar-refractivity contribution in [1.29, 1.82) is 0 Å². The van der Waals surface area contributed by atoms with Crippen LogP contribution in [-0.4, -0.2) is 25.5 Å². The number of aromatic nitrogens is 4. The minimum absolute atomic E-state index is 0.309. The van der Waals surface area contributed by atoms with Crippen LogP contribution in [0.4, 0.5) is 9.52 Å². The number of nitrogens with zero attached hydrogens (tertiary/aromatic N) is 4. The number of aryl methyl sites for hydroxylation is 1. The lowest BCUT2D eigenvalue weighted by molar-refractivity contribution is 0.102. The number of anilines is 1. The number of carbonyl (C=O) groups excluding carboxylic acids is 1. The summed E-state index contributed by atoms with van der Waals surface area (Å²) >= 11 is 1.42. The van der Waals surface area contributed by atoms with Crippen LogP contribution in [0, 0.1) is 12.7 Å². The minimum atomic E-state index is -0.422. The fourth-order valence-corrected chi connectivity index (χ4v) is 4.27. The Bertz CT molecular complexity index is 928. The molecule has 0 atom stereocenters. The molecule has 0 spiro atoms. The largest absolute Gasteiger partial charge is 0.295 e. The van der Waals surface area contributed by atoms with Crippen LogP contribution in [0.5, 0.6) is 0 Å². The third-order valence-corrected chi connectivity index (χ3v) is 5.59. The van der Waals surface area contributed by atoms with Crippen molar-refractivity contribution < 1.29 is 9.18 Å². The Morgan fingerprint density at radius 2 is 2.08 bits per heavy atom. The van der Waals surface area contributed by atoms with Crippen LogP contribution in [0.2, 0.25) is 0 Å². The maximum atomic E-state index is 13.5. The average molecular weight is 359 g/mol. The molecule has 1 N–H and O–H groups in total. The molecule has 0 saturated heterocycles. The Hall–Kier alpha value is -2.35. The van der Waals surface area contributed by atoms with Gasteiger partial charge < -0.3 is 0 Å². The maximum Gasteiger partial charge on any atom is 0.276 e. The molecule has 130 valence electrons. The number of amides is 1. The highest BCUT2D eigenvalue weighted by Crippen LogP contribution is 2.35. The summed E-state index contributed by atoms with van der Waals surface area (Å²) in [5, 5.41) is 12.6. The van der Waals surface area contributed by atoms with Crippen molar-refractivity contribution in [1.82, 2.24) is 19.6 Å². The summed E-state index contributed by atoms with van der Waals surface area (Å²) in [6.45, 7) is 1.73. The van der Waals surface area contributed by atoms with Gasteiger partial charge in [-0.1, -0.05) is 30.6 Å². The monoisotopic (exact) mass is 359 g/mol. The molecule has 0 aliphatic heterocycles. The zero-order valence-corrected chi connectivity index (χ0v) is 14.6.